The molecule has 1 saturated carbocycles. The monoisotopic (exact) mass is 240 g/mol. The lowest BCUT2D eigenvalue weighted by molar-refractivity contribution is -0.145. The van der Waals surface area contributed by atoms with Crippen molar-refractivity contribution in [2.75, 3.05) is 19.6 Å². The van der Waals surface area contributed by atoms with Crippen LogP contribution in [0.4, 0.5) is 0 Å². The molecule has 0 aromatic rings. The number of likely N-dealkylation sites (tertiary alicyclic amines) is 1. The molecule has 2 N–H and O–H groups in total. The van der Waals surface area contributed by atoms with Crippen LogP contribution >= 0.6 is 0 Å². The van der Waals surface area contributed by atoms with Crippen molar-refractivity contribution in [3.8, 4) is 0 Å². The van der Waals surface area contributed by atoms with Crippen molar-refractivity contribution in [1.29, 1.82) is 0 Å². The minimum Gasteiger partial charge on any atom is -0.481 e. The minimum atomic E-state index is -0.779. The predicted molar refractivity (Wildman–Crippen MR) is 62.6 cm³/mol. The van der Waals surface area contributed by atoms with Gasteiger partial charge in [-0.15, -0.1) is 0 Å². The van der Waals surface area contributed by atoms with Crippen molar-refractivity contribution < 1.29 is 14.7 Å². The number of carboxylic acids is 1. The third kappa shape index (κ3) is 3.70. The fraction of sp³-hybridized carbons (Fsp3) is 0.833. The molecule has 0 radical (unpaired) electrons. The molecule has 5 heteroatoms. The Bertz CT molecular complexity index is 302. The average Bonchev–Trinajstić information content (AvgIpc) is 3.13. The molecular formula is C12H20N2O3. The first-order valence-electron chi connectivity index (χ1n) is 6.41. The quantitative estimate of drug-likeness (QED) is 0.732. The number of carbonyl (C=O) groups excluding carboxylic acids is 1. The van der Waals surface area contributed by atoms with Gasteiger partial charge in [0.2, 0.25) is 5.91 Å². The summed E-state index contributed by atoms with van der Waals surface area (Å²) in [6.45, 7) is 1.82. The van der Waals surface area contributed by atoms with Crippen LogP contribution in [-0.2, 0) is 9.59 Å². The molecule has 17 heavy (non-hydrogen) atoms. The van der Waals surface area contributed by atoms with E-state index >= 15 is 0 Å². The first-order chi connectivity index (χ1) is 8.16. The Kier molecular flexibility index (Phi) is 3.99. The third-order valence-electron chi connectivity index (χ3n) is 3.47. The molecule has 0 aromatic carbocycles. The molecular weight excluding hydrogens is 220 g/mol. The number of amides is 1. The van der Waals surface area contributed by atoms with Crippen LogP contribution in [0.15, 0.2) is 0 Å². The molecule has 1 aliphatic carbocycles. The van der Waals surface area contributed by atoms with Gasteiger partial charge in [0.25, 0.3) is 0 Å². The number of rotatable bonds is 5. The summed E-state index contributed by atoms with van der Waals surface area (Å²) in [4.78, 5) is 24.5. The molecule has 1 heterocycles. The summed E-state index contributed by atoms with van der Waals surface area (Å²) in [6.07, 6.45) is 4.43. The predicted octanol–water partition coefficient (Wildman–Crippen LogP) is 0.452. The maximum Gasteiger partial charge on any atom is 0.308 e. The van der Waals surface area contributed by atoms with E-state index in [4.69, 9.17) is 5.11 Å². The first kappa shape index (κ1) is 12.4. The van der Waals surface area contributed by atoms with E-state index in [1.807, 2.05) is 0 Å². The lowest BCUT2D eigenvalue weighted by Gasteiger charge is -2.30. The zero-order valence-electron chi connectivity index (χ0n) is 10.0. The number of hydrogen-bond donors (Lipinski definition) is 2. The highest BCUT2D eigenvalue weighted by atomic mass is 16.4. The summed E-state index contributed by atoms with van der Waals surface area (Å²) in [6, 6.07) is 0.621. The van der Waals surface area contributed by atoms with Crippen LogP contribution in [0.2, 0.25) is 0 Å². The fourth-order valence-electron chi connectivity index (χ4n) is 2.23. The second-order valence-electron chi connectivity index (χ2n) is 5.00. The summed E-state index contributed by atoms with van der Waals surface area (Å²) in [5.74, 6) is -1.06. The molecule has 1 amide bonds. The molecule has 1 aliphatic heterocycles. The Morgan fingerprint density at radius 3 is 2.71 bits per heavy atom. The van der Waals surface area contributed by atoms with Crippen molar-refractivity contribution in [3.63, 3.8) is 0 Å². The van der Waals surface area contributed by atoms with Crippen LogP contribution in [0.1, 0.15) is 32.1 Å². The van der Waals surface area contributed by atoms with E-state index < -0.39 is 5.97 Å². The highest BCUT2D eigenvalue weighted by Crippen LogP contribution is 2.19. The lowest BCUT2D eigenvalue weighted by Crippen LogP contribution is -2.43. The van der Waals surface area contributed by atoms with Crippen LogP contribution in [0, 0.1) is 5.92 Å². The van der Waals surface area contributed by atoms with E-state index in [-0.39, 0.29) is 11.8 Å². The summed E-state index contributed by atoms with van der Waals surface area (Å²) in [5.41, 5.74) is 0. The van der Waals surface area contributed by atoms with Crippen LogP contribution in [0.3, 0.4) is 0 Å². The van der Waals surface area contributed by atoms with Crippen molar-refractivity contribution in [1.82, 2.24) is 10.2 Å². The second kappa shape index (κ2) is 5.49. The van der Waals surface area contributed by atoms with Crippen molar-refractivity contribution in [2.45, 2.75) is 38.1 Å². The Hall–Kier alpha value is -1.10. The Balaban J connectivity index is 1.71. The van der Waals surface area contributed by atoms with Gasteiger partial charge in [-0.2, -0.15) is 0 Å². The Morgan fingerprint density at radius 2 is 2.06 bits per heavy atom. The zero-order valence-corrected chi connectivity index (χ0v) is 10.0. The number of carboxylic acid groups (broad SMARTS) is 1. The smallest absolute Gasteiger partial charge is 0.308 e. The summed E-state index contributed by atoms with van der Waals surface area (Å²) in [7, 11) is 0. The Morgan fingerprint density at radius 1 is 1.29 bits per heavy atom. The highest BCUT2D eigenvalue weighted by molar-refractivity contribution is 5.78. The van der Waals surface area contributed by atoms with Gasteiger partial charge in [-0.05, 0) is 25.7 Å². The SMILES string of the molecule is O=C(O)C1CCCN(C(=O)CCNC2CC2)C1. The molecule has 0 bridgehead atoms. The average molecular weight is 240 g/mol. The summed E-state index contributed by atoms with van der Waals surface area (Å²) in [5, 5.41) is 12.2. The maximum absolute atomic E-state index is 11.9. The van der Waals surface area contributed by atoms with Gasteiger partial charge >= 0.3 is 5.97 Å². The maximum atomic E-state index is 11.9. The molecule has 96 valence electrons. The van der Waals surface area contributed by atoms with Gasteiger partial charge in [-0.3, -0.25) is 9.59 Å². The van der Waals surface area contributed by atoms with Gasteiger partial charge in [-0.25, -0.2) is 0 Å². The third-order valence-corrected chi connectivity index (χ3v) is 3.47. The van der Waals surface area contributed by atoms with Crippen molar-refractivity contribution >= 4 is 11.9 Å². The lowest BCUT2D eigenvalue weighted by atomic mass is 9.98. The topological polar surface area (TPSA) is 69.6 Å². The molecule has 1 atom stereocenters. The Labute approximate surface area is 101 Å². The number of piperidine rings is 1. The second-order valence-corrected chi connectivity index (χ2v) is 5.00. The first-order valence-corrected chi connectivity index (χ1v) is 6.41. The van der Waals surface area contributed by atoms with Crippen molar-refractivity contribution in [2.24, 2.45) is 5.92 Å². The largest absolute Gasteiger partial charge is 0.481 e. The van der Waals surface area contributed by atoms with E-state index in [9.17, 15) is 9.59 Å². The zero-order chi connectivity index (χ0) is 12.3. The standard InChI is InChI=1S/C12H20N2O3/c15-11(5-6-13-10-3-4-10)14-7-1-2-9(8-14)12(16)17/h9-10,13H,1-8H2,(H,16,17). The van der Waals surface area contributed by atoms with Gasteiger partial charge in [0.05, 0.1) is 5.92 Å². The summed E-state index contributed by atoms with van der Waals surface area (Å²) >= 11 is 0. The van der Waals surface area contributed by atoms with Gasteiger partial charge < -0.3 is 15.3 Å². The van der Waals surface area contributed by atoms with Gasteiger partial charge in [-0.1, -0.05) is 0 Å². The van der Waals surface area contributed by atoms with Gasteiger partial charge in [0.15, 0.2) is 0 Å². The number of carbonyl (C=O) groups is 2. The van der Waals surface area contributed by atoms with E-state index in [2.05, 4.69) is 5.32 Å². The molecule has 5 nitrogen and oxygen atoms in total. The molecule has 2 aliphatic rings. The number of nitrogens with one attached hydrogen (secondary N) is 1. The van der Waals surface area contributed by atoms with E-state index in [0.717, 1.165) is 13.0 Å². The fourth-order valence-corrected chi connectivity index (χ4v) is 2.23. The number of aliphatic carboxylic acids is 1. The van der Waals surface area contributed by atoms with Gasteiger partial charge in [0.1, 0.15) is 0 Å². The molecule has 0 aromatic heterocycles. The van der Waals surface area contributed by atoms with Crippen molar-refractivity contribution in [3.05, 3.63) is 0 Å². The molecule has 1 saturated heterocycles. The summed E-state index contributed by atoms with van der Waals surface area (Å²) < 4.78 is 0. The normalized spacial score (nSPS) is 24.7. The van der Waals surface area contributed by atoms with Crippen LogP contribution in [-0.4, -0.2) is 47.6 Å². The van der Waals surface area contributed by atoms with Crippen LogP contribution in [0.5, 0.6) is 0 Å². The van der Waals surface area contributed by atoms with E-state index in [0.29, 0.717) is 32.0 Å². The number of nitrogens with zero attached hydrogens (tertiary/aromatic N) is 1. The number of hydrogen-bond acceptors (Lipinski definition) is 3. The van der Waals surface area contributed by atoms with Crippen LogP contribution in [0.25, 0.3) is 0 Å². The minimum absolute atomic E-state index is 0.0871. The molecule has 2 fully saturated rings. The van der Waals surface area contributed by atoms with Crippen LogP contribution < -0.4 is 5.32 Å². The molecule has 2 rings (SSSR count). The highest BCUT2D eigenvalue weighted by Gasteiger charge is 2.28. The molecule has 1 unspecified atom stereocenters. The van der Waals surface area contributed by atoms with Gasteiger partial charge in [0, 0.05) is 32.1 Å². The van der Waals surface area contributed by atoms with E-state index in [1.54, 1.807) is 4.90 Å². The molecule has 0 spiro atoms. The van der Waals surface area contributed by atoms with E-state index in [1.165, 1.54) is 12.8 Å².